The maximum atomic E-state index is 11.8. The van der Waals surface area contributed by atoms with Crippen LogP contribution in [0.25, 0.3) is 10.9 Å². The highest BCUT2D eigenvalue weighted by molar-refractivity contribution is 5.84. The number of Topliss-reactive ketones (excluding diaryl/α,β-unsaturated/α-hetero) is 1. The van der Waals surface area contributed by atoms with E-state index in [4.69, 9.17) is 4.74 Å². The number of aliphatic carboxylic acids is 2. The van der Waals surface area contributed by atoms with E-state index in [2.05, 4.69) is 10.3 Å². The summed E-state index contributed by atoms with van der Waals surface area (Å²) in [5.74, 6) is -2.17. The van der Waals surface area contributed by atoms with Crippen LogP contribution in [0.4, 0.5) is 5.69 Å². The highest BCUT2D eigenvalue weighted by Crippen LogP contribution is 2.18. The lowest BCUT2D eigenvalue weighted by Crippen LogP contribution is -2.44. The fourth-order valence-electron chi connectivity index (χ4n) is 4.03. The van der Waals surface area contributed by atoms with Crippen molar-refractivity contribution in [2.75, 3.05) is 71.0 Å². The second kappa shape index (κ2) is 15.4. The second-order valence-corrected chi connectivity index (χ2v) is 8.99. The number of aromatic nitrogens is 1. The molecule has 4 N–H and O–H groups in total. The van der Waals surface area contributed by atoms with Gasteiger partial charge in [0.05, 0.1) is 25.2 Å². The number of nitrogens with one attached hydrogen (secondary N) is 2. The molecule has 0 aliphatic heterocycles. The minimum atomic E-state index is -1.04. The first-order valence-electron chi connectivity index (χ1n) is 12.1. The number of aryl methyl sites for hydroxylation is 1. The summed E-state index contributed by atoms with van der Waals surface area (Å²) >= 11 is 0. The Kier molecular flexibility index (Phi) is 12.4. The number of anilines is 1. The van der Waals surface area contributed by atoms with Crippen molar-refractivity contribution in [2.24, 2.45) is 0 Å². The van der Waals surface area contributed by atoms with Crippen LogP contribution in [0.3, 0.4) is 0 Å². The number of fused-ring (bicyclic) bond motifs is 1. The molecule has 0 radical (unpaired) electrons. The van der Waals surface area contributed by atoms with Crippen molar-refractivity contribution < 1.29 is 34.1 Å². The van der Waals surface area contributed by atoms with Crippen LogP contribution in [-0.2, 0) is 23.9 Å². The predicted molar refractivity (Wildman–Crippen MR) is 140 cm³/mol. The molecule has 208 valence electrons. The lowest BCUT2D eigenvalue weighted by Gasteiger charge is -2.28. The Morgan fingerprint density at radius 2 is 1.55 bits per heavy atom. The average Bonchev–Trinajstić information content (AvgIpc) is 2.82. The number of benzene rings is 1. The maximum Gasteiger partial charge on any atom is 0.317 e. The van der Waals surface area contributed by atoms with Crippen molar-refractivity contribution >= 4 is 40.8 Å². The summed E-state index contributed by atoms with van der Waals surface area (Å²) < 4.78 is 4.73. The first kappa shape index (κ1) is 30.4. The van der Waals surface area contributed by atoms with Gasteiger partial charge in [0.1, 0.15) is 12.5 Å². The molecule has 0 aliphatic rings. The molecule has 2 aromatic rings. The van der Waals surface area contributed by atoms with E-state index >= 15 is 0 Å². The van der Waals surface area contributed by atoms with Crippen LogP contribution in [0.5, 0.6) is 0 Å². The standard InChI is InChI=1S/C25H35N5O8/c1-18-11-23(33)27-22-12-20(3-4-21(18)22)26-5-6-28(14-24(34)35)7-8-29(15-25(36)37)9-10-30(13-19(2)32)16-38-17-31/h3-4,11-12,17,26H,5-10,13-16H2,1-2H3,(H,27,33)(H,34,35)(H,36,37). The zero-order chi connectivity index (χ0) is 28.1. The molecule has 0 bridgehead atoms. The Bertz CT molecular complexity index is 1170. The molecule has 1 heterocycles. The normalized spacial score (nSPS) is 11.3. The summed E-state index contributed by atoms with van der Waals surface area (Å²) in [5.41, 5.74) is 2.15. The Morgan fingerprint density at radius 1 is 0.947 bits per heavy atom. The van der Waals surface area contributed by atoms with Crippen molar-refractivity contribution in [3.05, 3.63) is 40.2 Å². The number of pyridine rings is 1. The molecule has 0 fully saturated rings. The first-order valence-corrected chi connectivity index (χ1v) is 12.1. The molecule has 0 aliphatic carbocycles. The van der Waals surface area contributed by atoms with Crippen molar-refractivity contribution in [3.63, 3.8) is 0 Å². The topological polar surface area (TPSA) is 173 Å². The van der Waals surface area contributed by atoms with E-state index in [0.717, 1.165) is 16.6 Å². The number of hydrogen-bond acceptors (Lipinski definition) is 10. The SMILES string of the molecule is CC(=O)CN(CCN(CCN(CCNc1ccc2c(C)cc(=O)[nH]c2c1)CC(=O)O)CC(=O)O)COC=O. The molecule has 0 unspecified atom stereocenters. The predicted octanol–water partition coefficient (Wildman–Crippen LogP) is 0.0431. The van der Waals surface area contributed by atoms with E-state index in [1.54, 1.807) is 14.7 Å². The lowest BCUT2D eigenvalue weighted by molar-refractivity contribution is -0.140. The number of carboxylic acids is 2. The van der Waals surface area contributed by atoms with Crippen LogP contribution in [0.2, 0.25) is 0 Å². The molecule has 1 aromatic carbocycles. The van der Waals surface area contributed by atoms with Crippen molar-refractivity contribution in [2.45, 2.75) is 13.8 Å². The molecule has 38 heavy (non-hydrogen) atoms. The van der Waals surface area contributed by atoms with E-state index in [1.165, 1.54) is 13.0 Å². The van der Waals surface area contributed by atoms with E-state index in [9.17, 15) is 34.2 Å². The van der Waals surface area contributed by atoms with Gasteiger partial charge < -0.3 is 25.3 Å². The van der Waals surface area contributed by atoms with Gasteiger partial charge in [-0.2, -0.15) is 0 Å². The van der Waals surface area contributed by atoms with E-state index in [1.807, 2.05) is 25.1 Å². The quantitative estimate of drug-likeness (QED) is 0.141. The number of ketones is 1. The first-order chi connectivity index (χ1) is 18.1. The summed E-state index contributed by atoms with van der Waals surface area (Å²) in [7, 11) is 0. The minimum absolute atomic E-state index is 0.0494. The number of aromatic amines is 1. The van der Waals surface area contributed by atoms with Crippen LogP contribution >= 0.6 is 0 Å². The number of carbonyl (C=O) groups excluding carboxylic acids is 2. The maximum absolute atomic E-state index is 11.8. The molecule has 0 saturated heterocycles. The van der Waals surface area contributed by atoms with Crippen LogP contribution in [-0.4, -0.2) is 120 Å². The highest BCUT2D eigenvalue weighted by Gasteiger charge is 2.17. The van der Waals surface area contributed by atoms with Gasteiger partial charge >= 0.3 is 11.9 Å². The zero-order valence-electron chi connectivity index (χ0n) is 21.6. The summed E-state index contributed by atoms with van der Waals surface area (Å²) in [6.45, 7) is 4.92. The Morgan fingerprint density at radius 3 is 2.13 bits per heavy atom. The van der Waals surface area contributed by atoms with Crippen molar-refractivity contribution in [3.8, 4) is 0 Å². The van der Waals surface area contributed by atoms with Gasteiger partial charge in [0.25, 0.3) is 6.47 Å². The molecule has 13 nitrogen and oxygen atoms in total. The third kappa shape index (κ3) is 11.1. The van der Waals surface area contributed by atoms with Crippen LogP contribution in [0.15, 0.2) is 29.1 Å². The average molecular weight is 534 g/mol. The Balaban J connectivity index is 1.96. The molecule has 1 aromatic heterocycles. The fourth-order valence-corrected chi connectivity index (χ4v) is 4.03. The second-order valence-electron chi connectivity index (χ2n) is 8.99. The zero-order valence-corrected chi connectivity index (χ0v) is 21.6. The van der Waals surface area contributed by atoms with Gasteiger partial charge in [0, 0.05) is 56.4 Å². The molecular weight excluding hydrogens is 498 g/mol. The van der Waals surface area contributed by atoms with Gasteiger partial charge in [-0.1, -0.05) is 6.07 Å². The number of carboxylic acid groups (broad SMARTS) is 2. The van der Waals surface area contributed by atoms with Gasteiger partial charge in [-0.3, -0.25) is 38.7 Å². The summed E-state index contributed by atoms with van der Waals surface area (Å²) in [6, 6.07) is 7.13. The van der Waals surface area contributed by atoms with Gasteiger partial charge in [-0.05, 0) is 31.5 Å². The number of rotatable bonds is 19. The van der Waals surface area contributed by atoms with Crippen molar-refractivity contribution in [1.82, 2.24) is 19.7 Å². The van der Waals surface area contributed by atoms with E-state index < -0.39 is 11.9 Å². The third-order valence-electron chi connectivity index (χ3n) is 5.76. The van der Waals surface area contributed by atoms with Crippen LogP contribution < -0.4 is 10.9 Å². The largest absolute Gasteiger partial charge is 0.480 e. The van der Waals surface area contributed by atoms with Crippen molar-refractivity contribution in [1.29, 1.82) is 0 Å². The molecule has 0 spiro atoms. The smallest absolute Gasteiger partial charge is 0.317 e. The fraction of sp³-hybridized carbons (Fsp3) is 0.480. The highest BCUT2D eigenvalue weighted by atomic mass is 16.5. The Labute approximate surface area is 220 Å². The minimum Gasteiger partial charge on any atom is -0.480 e. The number of H-pyrrole nitrogens is 1. The van der Waals surface area contributed by atoms with E-state index in [-0.39, 0.29) is 63.8 Å². The van der Waals surface area contributed by atoms with Crippen LogP contribution in [0, 0.1) is 6.92 Å². The number of carbonyl (C=O) groups is 4. The third-order valence-corrected chi connectivity index (χ3v) is 5.76. The Hall–Kier alpha value is -3.81. The monoisotopic (exact) mass is 533 g/mol. The van der Waals surface area contributed by atoms with Gasteiger partial charge in [-0.15, -0.1) is 0 Å². The van der Waals surface area contributed by atoms with Gasteiger partial charge in [-0.25, -0.2) is 0 Å². The summed E-state index contributed by atoms with van der Waals surface area (Å²) in [6.07, 6.45) is 0. The van der Waals surface area contributed by atoms with Gasteiger partial charge in [0.15, 0.2) is 0 Å². The number of nitrogens with zero attached hydrogens (tertiary/aromatic N) is 3. The molecular formula is C25H35N5O8. The molecule has 13 heteroatoms. The number of hydrogen-bond donors (Lipinski definition) is 4. The molecule has 0 atom stereocenters. The molecule has 0 amide bonds. The summed E-state index contributed by atoms with van der Waals surface area (Å²) in [5, 5.41) is 22.8. The van der Waals surface area contributed by atoms with Gasteiger partial charge in [0.2, 0.25) is 5.56 Å². The van der Waals surface area contributed by atoms with Crippen LogP contribution in [0.1, 0.15) is 12.5 Å². The van der Waals surface area contributed by atoms with E-state index in [0.29, 0.717) is 25.2 Å². The summed E-state index contributed by atoms with van der Waals surface area (Å²) in [4.78, 5) is 64.3. The lowest BCUT2D eigenvalue weighted by atomic mass is 10.1. The molecule has 2 rings (SSSR count). The molecule has 0 saturated carbocycles. The number of ether oxygens (including phenoxy) is 1.